The van der Waals surface area contributed by atoms with Crippen LogP contribution in [-0.4, -0.2) is 35.9 Å². The Bertz CT molecular complexity index is 418. The van der Waals surface area contributed by atoms with Crippen LogP contribution in [0.25, 0.3) is 0 Å². The van der Waals surface area contributed by atoms with E-state index >= 15 is 0 Å². The number of halogens is 1. The van der Waals surface area contributed by atoms with E-state index in [9.17, 15) is 4.79 Å². The van der Waals surface area contributed by atoms with Crippen LogP contribution in [0.5, 0.6) is 5.88 Å². The van der Waals surface area contributed by atoms with Gasteiger partial charge in [0.05, 0.1) is 30.0 Å². The van der Waals surface area contributed by atoms with Crippen LogP contribution in [0.15, 0.2) is 12.3 Å². The van der Waals surface area contributed by atoms with Gasteiger partial charge in [-0.25, -0.2) is 9.78 Å². The first kappa shape index (κ1) is 12.1. The highest BCUT2D eigenvalue weighted by Crippen LogP contribution is 2.20. The largest absolute Gasteiger partial charge is 0.478 e. The molecule has 1 aliphatic heterocycles. The first-order chi connectivity index (χ1) is 8.16. The van der Waals surface area contributed by atoms with Crippen molar-refractivity contribution in [2.45, 2.75) is 6.42 Å². The fourth-order valence-electron chi connectivity index (χ4n) is 1.58. The summed E-state index contributed by atoms with van der Waals surface area (Å²) in [5, 5.41) is 8.99. The van der Waals surface area contributed by atoms with Gasteiger partial charge in [-0.15, -0.1) is 0 Å². The average Bonchev–Trinajstić information content (AvgIpc) is 2.80. The Morgan fingerprint density at radius 3 is 3.18 bits per heavy atom. The molecule has 1 fully saturated rings. The zero-order valence-electron chi connectivity index (χ0n) is 9.06. The van der Waals surface area contributed by atoms with Gasteiger partial charge in [-0.05, 0) is 6.42 Å². The number of hydrogen-bond acceptors (Lipinski definition) is 4. The lowest BCUT2D eigenvalue weighted by Gasteiger charge is -2.10. The normalized spacial score (nSPS) is 19.2. The summed E-state index contributed by atoms with van der Waals surface area (Å²) in [6.07, 6.45) is 2.24. The molecule has 0 saturated carbocycles. The number of hydrogen-bond donors (Lipinski definition) is 1. The molecule has 2 rings (SSSR count). The van der Waals surface area contributed by atoms with Crippen LogP contribution in [0.1, 0.15) is 16.8 Å². The van der Waals surface area contributed by atoms with Crippen molar-refractivity contribution in [3.63, 3.8) is 0 Å². The van der Waals surface area contributed by atoms with Crippen molar-refractivity contribution in [2.75, 3.05) is 19.8 Å². The summed E-state index contributed by atoms with van der Waals surface area (Å²) in [6, 6.07) is 1.33. The molecule has 2 heterocycles. The second-order valence-corrected chi connectivity index (χ2v) is 4.26. The van der Waals surface area contributed by atoms with Gasteiger partial charge in [-0.1, -0.05) is 11.6 Å². The molecule has 17 heavy (non-hydrogen) atoms. The van der Waals surface area contributed by atoms with Crippen LogP contribution >= 0.6 is 11.6 Å². The van der Waals surface area contributed by atoms with E-state index in [2.05, 4.69) is 4.98 Å². The number of rotatable bonds is 4. The number of carbonyl (C=O) groups is 1. The van der Waals surface area contributed by atoms with Gasteiger partial charge in [0.25, 0.3) is 0 Å². The highest BCUT2D eigenvalue weighted by Gasteiger charge is 2.17. The van der Waals surface area contributed by atoms with Crippen LogP contribution in [0, 0.1) is 5.92 Å². The van der Waals surface area contributed by atoms with E-state index in [4.69, 9.17) is 26.2 Å². The maximum atomic E-state index is 10.8. The summed E-state index contributed by atoms with van der Waals surface area (Å²) >= 11 is 5.70. The lowest BCUT2D eigenvalue weighted by molar-refractivity contribution is 0.0696. The maximum Gasteiger partial charge on any atom is 0.337 e. The molecule has 1 N–H and O–H groups in total. The van der Waals surface area contributed by atoms with Gasteiger partial charge in [0, 0.05) is 18.6 Å². The molecule has 92 valence electrons. The molecule has 0 amide bonds. The predicted molar refractivity (Wildman–Crippen MR) is 60.6 cm³/mol. The van der Waals surface area contributed by atoms with E-state index in [-0.39, 0.29) is 16.5 Å². The Labute approximate surface area is 103 Å². The van der Waals surface area contributed by atoms with E-state index in [1.54, 1.807) is 0 Å². The summed E-state index contributed by atoms with van der Waals surface area (Å²) in [6.45, 7) is 1.91. The minimum atomic E-state index is -1.09. The first-order valence-electron chi connectivity index (χ1n) is 5.26. The Hall–Kier alpha value is -1.33. The van der Waals surface area contributed by atoms with Gasteiger partial charge in [-0.2, -0.15) is 0 Å². The molecular weight excluding hydrogens is 246 g/mol. The highest BCUT2D eigenvalue weighted by atomic mass is 35.5. The molecule has 0 bridgehead atoms. The van der Waals surface area contributed by atoms with Crippen molar-refractivity contribution < 1.29 is 19.4 Å². The predicted octanol–water partition coefficient (Wildman–Crippen LogP) is 1.85. The Balaban J connectivity index is 2.00. The Morgan fingerprint density at radius 1 is 1.71 bits per heavy atom. The van der Waals surface area contributed by atoms with Crippen LogP contribution in [0.3, 0.4) is 0 Å². The van der Waals surface area contributed by atoms with Crippen LogP contribution < -0.4 is 4.74 Å². The van der Waals surface area contributed by atoms with Crippen LogP contribution in [0.4, 0.5) is 0 Å². The van der Waals surface area contributed by atoms with Crippen molar-refractivity contribution in [1.29, 1.82) is 0 Å². The van der Waals surface area contributed by atoms with E-state index in [0.29, 0.717) is 19.1 Å². The molecule has 6 heteroatoms. The molecular formula is C11H12ClNO4. The SMILES string of the molecule is O=C(O)c1cc(OCC2CCOC2)ncc1Cl. The number of aromatic carboxylic acids is 1. The van der Waals surface area contributed by atoms with Gasteiger partial charge >= 0.3 is 5.97 Å². The van der Waals surface area contributed by atoms with Crippen molar-refractivity contribution in [3.8, 4) is 5.88 Å². The molecule has 1 aromatic heterocycles. The molecule has 1 aromatic rings. The number of ether oxygens (including phenoxy) is 2. The minimum absolute atomic E-state index is 0.000612. The fourth-order valence-corrected chi connectivity index (χ4v) is 1.76. The molecule has 1 aliphatic rings. The van der Waals surface area contributed by atoms with Crippen LogP contribution in [0.2, 0.25) is 5.02 Å². The Kier molecular flexibility index (Phi) is 3.81. The third-order valence-corrected chi connectivity index (χ3v) is 2.85. The van der Waals surface area contributed by atoms with E-state index < -0.39 is 5.97 Å². The summed E-state index contributed by atoms with van der Waals surface area (Å²) in [5.74, 6) is -0.467. The van der Waals surface area contributed by atoms with Crippen molar-refractivity contribution in [3.05, 3.63) is 22.8 Å². The zero-order chi connectivity index (χ0) is 12.3. The zero-order valence-corrected chi connectivity index (χ0v) is 9.81. The molecule has 1 atom stereocenters. The third-order valence-electron chi connectivity index (χ3n) is 2.55. The quantitative estimate of drug-likeness (QED) is 0.891. The summed E-state index contributed by atoms with van der Waals surface area (Å²) in [5.41, 5.74) is -0.000612. The number of nitrogens with zero attached hydrogens (tertiary/aromatic N) is 1. The number of pyridine rings is 1. The monoisotopic (exact) mass is 257 g/mol. The lowest BCUT2D eigenvalue weighted by Crippen LogP contribution is -2.12. The number of aromatic nitrogens is 1. The lowest BCUT2D eigenvalue weighted by atomic mass is 10.1. The van der Waals surface area contributed by atoms with E-state index in [0.717, 1.165) is 13.0 Å². The van der Waals surface area contributed by atoms with Crippen molar-refractivity contribution in [2.24, 2.45) is 5.92 Å². The maximum absolute atomic E-state index is 10.8. The minimum Gasteiger partial charge on any atom is -0.478 e. The van der Waals surface area contributed by atoms with Crippen molar-refractivity contribution in [1.82, 2.24) is 4.98 Å². The summed E-state index contributed by atoms with van der Waals surface area (Å²) < 4.78 is 10.6. The molecule has 5 nitrogen and oxygen atoms in total. The van der Waals surface area contributed by atoms with E-state index in [1.807, 2.05) is 0 Å². The topological polar surface area (TPSA) is 68.7 Å². The fraction of sp³-hybridized carbons (Fsp3) is 0.455. The number of carboxylic acids is 1. The van der Waals surface area contributed by atoms with E-state index in [1.165, 1.54) is 12.3 Å². The van der Waals surface area contributed by atoms with Gasteiger partial charge in [0.2, 0.25) is 5.88 Å². The molecule has 0 spiro atoms. The molecule has 0 aromatic carbocycles. The smallest absolute Gasteiger partial charge is 0.337 e. The second kappa shape index (κ2) is 5.33. The first-order valence-corrected chi connectivity index (χ1v) is 5.64. The van der Waals surface area contributed by atoms with Gasteiger partial charge in [-0.3, -0.25) is 0 Å². The number of carboxylic acid groups (broad SMARTS) is 1. The molecule has 1 unspecified atom stereocenters. The standard InChI is InChI=1S/C11H12ClNO4/c12-9-4-13-10(3-8(9)11(14)15)17-6-7-1-2-16-5-7/h3-4,7H,1-2,5-6H2,(H,14,15). The van der Waals surface area contributed by atoms with Gasteiger partial charge < -0.3 is 14.6 Å². The van der Waals surface area contributed by atoms with Gasteiger partial charge in [0.1, 0.15) is 0 Å². The van der Waals surface area contributed by atoms with Crippen LogP contribution in [-0.2, 0) is 4.74 Å². The molecule has 0 aliphatic carbocycles. The summed E-state index contributed by atoms with van der Waals surface area (Å²) in [7, 11) is 0. The average molecular weight is 258 g/mol. The molecule has 1 saturated heterocycles. The van der Waals surface area contributed by atoms with Crippen molar-refractivity contribution >= 4 is 17.6 Å². The third kappa shape index (κ3) is 3.08. The second-order valence-electron chi connectivity index (χ2n) is 3.85. The highest BCUT2D eigenvalue weighted by molar-refractivity contribution is 6.33. The Morgan fingerprint density at radius 2 is 2.53 bits per heavy atom. The summed E-state index contributed by atoms with van der Waals surface area (Å²) in [4.78, 5) is 14.8. The molecule has 0 radical (unpaired) electrons. The van der Waals surface area contributed by atoms with Gasteiger partial charge in [0.15, 0.2) is 0 Å².